The van der Waals surface area contributed by atoms with Crippen LogP contribution in [0.5, 0.6) is 0 Å². The molecule has 0 radical (unpaired) electrons. The van der Waals surface area contributed by atoms with E-state index in [9.17, 15) is 8.42 Å². The standard InChI is InChI=1S/C15H18BrNO3S/c1-2-9-17-10-13-5-6-14(20-13)11-21(18,19)15-7-3-12(16)4-8-15/h3-8,17H,2,9-11H2,1H3. The Bertz CT molecular complexity index is 677. The molecule has 1 heterocycles. The van der Waals surface area contributed by atoms with Gasteiger partial charge in [0.2, 0.25) is 0 Å². The Morgan fingerprint density at radius 1 is 1.10 bits per heavy atom. The van der Waals surface area contributed by atoms with E-state index < -0.39 is 9.84 Å². The number of benzene rings is 1. The minimum absolute atomic E-state index is 0.123. The second kappa shape index (κ2) is 7.24. The van der Waals surface area contributed by atoms with Gasteiger partial charge >= 0.3 is 0 Å². The smallest absolute Gasteiger partial charge is 0.185 e. The SMILES string of the molecule is CCCNCc1ccc(CS(=O)(=O)c2ccc(Br)cc2)o1. The van der Waals surface area contributed by atoms with Crippen LogP contribution in [0.2, 0.25) is 0 Å². The lowest BCUT2D eigenvalue weighted by atomic mass is 10.4. The van der Waals surface area contributed by atoms with Crippen LogP contribution in [-0.4, -0.2) is 15.0 Å². The van der Waals surface area contributed by atoms with Crippen LogP contribution in [0.3, 0.4) is 0 Å². The normalized spacial score (nSPS) is 11.7. The lowest BCUT2D eigenvalue weighted by Gasteiger charge is -2.03. The van der Waals surface area contributed by atoms with Crippen molar-refractivity contribution < 1.29 is 12.8 Å². The van der Waals surface area contributed by atoms with E-state index in [1.165, 1.54) is 0 Å². The Hall–Kier alpha value is -1.11. The zero-order valence-electron chi connectivity index (χ0n) is 11.8. The molecule has 0 saturated heterocycles. The van der Waals surface area contributed by atoms with E-state index in [0.29, 0.717) is 17.2 Å². The van der Waals surface area contributed by atoms with Gasteiger partial charge in [-0.05, 0) is 49.4 Å². The summed E-state index contributed by atoms with van der Waals surface area (Å²) in [5, 5.41) is 3.22. The number of hydrogen-bond acceptors (Lipinski definition) is 4. The summed E-state index contributed by atoms with van der Waals surface area (Å²) in [4.78, 5) is 0.299. The summed E-state index contributed by atoms with van der Waals surface area (Å²) in [5.74, 6) is 1.10. The van der Waals surface area contributed by atoms with Crippen LogP contribution in [0.25, 0.3) is 0 Å². The number of sulfone groups is 1. The second-order valence-corrected chi connectivity index (χ2v) is 7.66. The van der Waals surface area contributed by atoms with Gasteiger partial charge in [0, 0.05) is 4.47 Å². The van der Waals surface area contributed by atoms with Gasteiger partial charge in [0.25, 0.3) is 0 Å². The molecule has 1 aromatic carbocycles. The van der Waals surface area contributed by atoms with Crippen molar-refractivity contribution in [3.05, 3.63) is 52.4 Å². The zero-order chi connectivity index (χ0) is 15.3. The Morgan fingerprint density at radius 3 is 2.43 bits per heavy atom. The van der Waals surface area contributed by atoms with Crippen molar-refractivity contribution in [2.45, 2.75) is 30.5 Å². The van der Waals surface area contributed by atoms with Gasteiger partial charge in [-0.3, -0.25) is 0 Å². The second-order valence-electron chi connectivity index (χ2n) is 4.76. The fraction of sp³-hybridized carbons (Fsp3) is 0.333. The topological polar surface area (TPSA) is 59.3 Å². The molecule has 4 nitrogen and oxygen atoms in total. The van der Waals surface area contributed by atoms with Crippen LogP contribution < -0.4 is 5.32 Å². The maximum Gasteiger partial charge on any atom is 0.185 e. The van der Waals surface area contributed by atoms with E-state index in [0.717, 1.165) is 23.2 Å². The summed E-state index contributed by atoms with van der Waals surface area (Å²) in [6.45, 7) is 3.62. The van der Waals surface area contributed by atoms with Gasteiger partial charge in [0.1, 0.15) is 17.3 Å². The van der Waals surface area contributed by atoms with Crippen molar-refractivity contribution in [1.82, 2.24) is 5.32 Å². The van der Waals surface area contributed by atoms with Gasteiger partial charge in [-0.15, -0.1) is 0 Å². The van der Waals surface area contributed by atoms with E-state index in [-0.39, 0.29) is 5.75 Å². The van der Waals surface area contributed by atoms with Crippen molar-refractivity contribution in [1.29, 1.82) is 0 Å². The van der Waals surface area contributed by atoms with Crippen LogP contribution in [0.1, 0.15) is 24.9 Å². The molecule has 1 aromatic heterocycles. The minimum Gasteiger partial charge on any atom is -0.464 e. The lowest BCUT2D eigenvalue weighted by Crippen LogP contribution is -2.13. The van der Waals surface area contributed by atoms with Gasteiger partial charge in [-0.25, -0.2) is 8.42 Å². The average molecular weight is 372 g/mol. The van der Waals surface area contributed by atoms with Crippen molar-refractivity contribution in [3.63, 3.8) is 0 Å². The van der Waals surface area contributed by atoms with Crippen molar-refractivity contribution in [2.24, 2.45) is 0 Å². The summed E-state index contributed by atoms with van der Waals surface area (Å²) in [6, 6.07) is 10.1. The molecule has 0 amide bonds. The van der Waals surface area contributed by atoms with E-state index in [1.54, 1.807) is 30.3 Å². The molecule has 0 aliphatic carbocycles. The maximum atomic E-state index is 12.3. The maximum absolute atomic E-state index is 12.3. The van der Waals surface area contributed by atoms with E-state index >= 15 is 0 Å². The van der Waals surface area contributed by atoms with Crippen molar-refractivity contribution >= 4 is 25.8 Å². The minimum atomic E-state index is -3.38. The van der Waals surface area contributed by atoms with Gasteiger partial charge in [-0.2, -0.15) is 0 Å². The van der Waals surface area contributed by atoms with Crippen LogP contribution in [0.15, 0.2) is 50.2 Å². The third-order valence-electron chi connectivity index (χ3n) is 2.95. The number of rotatable bonds is 7. The molecular weight excluding hydrogens is 354 g/mol. The Morgan fingerprint density at radius 2 is 1.76 bits per heavy atom. The first-order chi connectivity index (χ1) is 10.0. The van der Waals surface area contributed by atoms with Gasteiger partial charge in [0.15, 0.2) is 9.84 Å². The number of hydrogen-bond donors (Lipinski definition) is 1. The fourth-order valence-electron chi connectivity index (χ4n) is 1.90. The van der Waals surface area contributed by atoms with Crippen LogP contribution in [0.4, 0.5) is 0 Å². The van der Waals surface area contributed by atoms with Gasteiger partial charge < -0.3 is 9.73 Å². The molecule has 0 unspecified atom stereocenters. The highest BCUT2D eigenvalue weighted by atomic mass is 79.9. The Kier molecular flexibility index (Phi) is 5.61. The number of nitrogens with one attached hydrogen (secondary N) is 1. The highest BCUT2D eigenvalue weighted by molar-refractivity contribution is 9.10. The van der Waals surface area contributed by atoms with Gasteiger partial charge in [0.05, 0.1) is 11.4 Å². The molecule has 0 fully saturated rings. The molecule has 2 aromatic rings. The Labute approximate surface area is 133 Å². The first kappa shape index (κ1) is 16.3. The molecule has 0 bridgehead atoms. The first-order valence-electron chi connectivity index (χ1n) is 6.78. The third kappa shape index (κ3) is 4.69. The van der Waals surface area contributed by atoms with Gasteiger partial charge in [-0.1, -0.05) is 22.9 Å². The molecule has 0 atom stereocenters. The molecule has 1 N–H and O–H groups in total. The van der Waals surface area contributed by atoms with E-state index in [4.69, 9.17) is 4.42 Å². The van der Waals surface area contributed by atoms with Crippen molar-refractivity contribution in [3.8, 4) is 0 Å². The molecular formula is C15H18BrNO3S. The Balaban J connectivity index is 2.05. The fourth-order valence-corrected chi connectivity index (χ4v) is 3.41. The number of halogens is 1. The van der Waals surface area contributed by atoms with Crippen LogP contribution >= 0.6 is 15.9 Å². The molecule has 0 saturated carbocycles. The van der Waals surface area contributed by atoms with Crippen molar-refractivity contribution in [2.75, 3.05) is 6.54 Å². The van der Waals surface area contributed by atoms with E-state index in [1.807, 2.05) is 6.07 Å². The molecule has 6 heteroatoms. The highest BCUT2D eigenvalue weighted by Gasteiger charge is 2.17. The summed E-state index contributed by atoms with van der Waals surface area (Å²) < 4.78 is 31.0. The first-order valence-corrected chi connectivity index (χ1v) is 9.22. The predicted octanol–water partition coefficient (Wildman–Crippen LogP) is 3.52. The molecule has 2 rings (SSSR count). The van der Waals surface area contributed by atoms with Crippen LogP contribution in [0, 0.1) is 0 Å². The largest absolute Gasteiger partial charge is 0.464 e. The average Bonchev–Trinajstić information content (AvgIpc) is 2.86. The molecule has 0 aliphatic heterocycles. The molecule has 114 valence electrons. The lowest BCUT2D eigenvalue weighted by molar-refractivity contribution is 0.456. The summed E-state index contributed by atoms with van der Waals surface area (Å²) in [7, 11) is -3.38. The summed E-state index contributed by atoms with van der Waals surface area (Å²) >= 11 is 3.29. The zero-order valence-corrected chi connectivity index (χ0v) is 14.2. The quantitative estimate of drug-likeness (QED) is 0.756. The summed E-state index contributed by atoms with van der Waals surface area (Å²) in [5.41, 5.74) is 0. The number of furan rings is 1. The molecule has 0 aliphatic rings. The molecule has 21 heavy (non-hydrogen) atoms. The monoisotopic (exact) mass is 371 g/mol. The van der Waals surface area contributed by atoms with E-state index in [2.05, 4.69) is 28.2 Å². The van der Waals surface area contributed by atoms with Crippen LogP contribution in [-0.2, 0) is 22.1 Å². The summed E-state index contributed by atoms with van der Waals surface area (Å²) in [6.07, 6.45) is 1.05. The highest BCUT2D eigenvalue weighted by Crippen LogP contribution is 2.20. The third-order valence-corrected chi connectivity index (χ3v) is 5.13. The molecule has 0 spiro atoms. The predicted molar refractivity (Wildman–Crippen MR) is 85.7 cm³/mol.